The lowest BCUT2D eigenvalue weighted by Gasteiger charge is -2.19. The predicted molar refractivity (Wildman–Crippen MR) is 134 cm³/mol. The Morgan fingerprint density at radius 1 is 1.03 bits per heavy atom. The van der Waals surface area contributed by atoms with Crippen molar-refractivity contribution in [1.29, 1.82) is 0 Å². The molecule has 0 aliphatic carbocycles. The topological polar surface area (TPSA) is 105 Å². The van der Waals surface area contributed by atoms with Crippen LogP contribution in [0, 0.1) is 0 Å². The second kappa shape index (κ2) is 9.92. The van der Waals surface area contributed by atoms with Crippen LogP contribution in [0.25, 0.3) is 10.2 Å². The fourth-order valence-electron chi connectivity index (χ4n) is 3.36. The molecule has 4 aromatic rings. The minimum absolute atomic E-state index is 0.0370. The number of fused-ring (bicyclic) bond motifs is 1. The number of aromatic nitrogens is 1. The number of thiazole rings is 1. The fraction of sp³-hybridized carbons (Fsp3) is 0.125. The maximum Gasteiger partial charge on any atom is 0.253 e. The number of hydrogen-bond acceptors (Lipinski definition) is 6. The molecule has 7 nitrogen and oxygen atoms in total. The summed E-state index contributed by atoms with van der Waals surface area (Å²) in [7, 11) is -3.35. The van der Waals surface area contributed by atoms with Crippen LogP contribution < -0.4 is 10.6 Å². The zero-order valence-electron chi connectivity index (χ0n) is 18.0. The number of hydrogen-bond donors (Lipinski definition) is 2. The summed E-state index contributed by atoms with van der Waals surface area (Å²) < 4.78 is 24.2. The molecule has 1 aromatic heterocycles. The highest BCUT2D eigenvalue weighted by atomic mass is 35.5. The Morgan fingerprint density at radius 2 is 1.74 bits per heavy atom. The van der Waals surface area contributed by atoms with Gasteiger partial charge in [-0.2, -0.15) is 0 Å². The van der Waals surface area contributed by atoms with Gasteiger partial charge in [0, 0.05) is 6.26 Å². The standard InChI is InChI=1S/C24H20ClN3O4S2/c1-34(31,32)16-11-12-19-21(13-16)33-24(27-19)28-22(29)14-20(15-7-3-2-4-8-15)26-23(30)17-9-5-6-10-18(17)25/h2-13,20H,14H2,1H3,(H,26,30)(H,27,28,29)/t20-/m0/s1. The van der Waals surface area contributed by atoms with Crippen LogP contribution >= 0.6 is 22.9 Å². The van der Waals surface area contributed by atoms with Gasteiger partial charge in [-0.1, -0.05) is 65.4 Å². The Hall–Kier alpha value is -3.27. The van der Waals surface area contributed by atoms with Gasteiger partial charge in [0.15, 0.2) is 15.0 Å². The van der Waals surface area contributed by atoms with E-state index in [4.69, 9.17) is 11.6 Å². The van der Waals surface area contributed by atoms with Gasteiger partial charge in [0.2, 0.25) is 5.91 Å². The number of carbonyl (C=O) groups is 2. The van der Waals surface area contributed by atoms with Crippen LogP contribution in [0.15, 0.2) is 77.7 Å². The SMILES string of the molecule is CS(=O)(=O)c1ccc2nc(NC(=O)C[C@H](NC(=O)c3ccccc3Cl)c3ccccc3)sc2c1. The molecule has 174 valence electrons. The first-order chi connectivity index (χ1) is 16.2. The van der Waals surface area contributed by atoms with Gasteiger partial charge < -0.3 is 10.6 Å². The summed E-state index contributed by atoms with van der Waals surface area (Å²) >= 11 is 7.33. The van der Waals surface area contributed by atoms with E-state index in [0.717, 1.165) is 11.8 Å². The number of anilines is 1. The average molecular weight is 514 g/mol. The Balaban J connectivity index is 1.53. The Morgan fingerprint density at radius 3 is 2.44 bits per heavy atom. The molecule has 34 heavy (non-hydrogen) atoms. The maximum absolute atomic E-state index is 12.9. The highest BCUT2D eigenvalue weighted by Crippen LogP contribution is 2.29. The van der Waals surface area contributed by atoms with Crippen LogP contribution in [-0.4, -0.2) is 31.5 Å². The van der Waals surface area contributed by atoms with Crippen molar-refractivity contribution in [2.24, 2.45) is 0 Å². The summed E-state index contributed by atoms with van der Waals surface area (Å²) in [5.74, 6) is -0.740. The molecule has 3 aromatic carbocycles. The van der Waals surface area contributed by atoms with Crippen LogP contribution in [0.4, 0.5) is 5.13 Å². The first-order valence-corrected chi connectivity index (χ1v) is 13.3. The number of amides is 2. The second-order valence-corrected chi connectivity index (χ2v) is 11.0. The molecule has 0 saturated heterocycles. The first kappa shape index (κ1) is 23.9. The van der Waals surface area contributed by atoms with Crippen molar-refractivity contribution in [2.45, 2.75) is 17.4 Å². The van der Waals surface area contributed by atoms with E-state index in [-0.39, 0.29) is 23.1 Å². The van der Waals surface area contributed by atoms with Gasteiger partial charge in [0.05, 0.1) is 38.2 Å². The van der Waals surface area contributed by atoms with Crippen LogP contribution in [-0.2, 0) is 14.6 Å². The average Bonchev–Trinajstić information content (AvgIpc) is 3.20. The molecule has 10 heteroatoms. The van der Waals surface area contributed by atoms with Gasteiger partial charge in [0.1, 0.15) is 0 Å². The lowest BCUT2D eigenvalue weighted by Crippen LogP contribution is -2.31. The van der Waals surface area contributed by atoms with Crippen LogP contribution in [0.3, 0.4) is 0 Å². The summed E-state index contributed by atoms with van der Waals surface area (Å²) in [5.41, 5.74) is 1.66. The Bertz CT molecular complexity index is 1470. The molecule has 0 unspecified atom stereocenters. The summed E-state index contributed by atoms with van der Waals surface area (Å²) in [6.07, 6.45) is 1.10. The van der Waals surface area contributed by atoms with Crippen molar-refractivity contribution >= 4 is 59.9 Å². The minimum atomic E-state index is -3.35. The summed E-state index contributed by atoms with van der Waals surface area (Å²) in [6, 6.07) is 19.9. The van der Waals surface area contributed by atoms with Crippen LogP contribution in [0.1, 0.15) is 28.4 Å². The van der Waals surface area contributed by atoms with Crippen molar-refractivity contribution in [1.82, 2.24) is 10.3 Å². The van der Waals surface area contributed by atoms with E-state index in [1.165, 1.54) is 23.5 Å². The second-order valence-electron chi connectivity index (χ2n) is 7.59. The van der Waals surface area contributed by atoms with Crippen molar-refractivity contribution in [3.63, 3.8) is 0 Å². The lowest BCUT2D eigenvalue weighted by atomic mass is 10.0. The van der Waals surface area contributed by atoms with E-state index in [0.29, 0.717) is 25.9 Å². The largest absolute Gasteiger partial charge is 0.345 e. The van der Waals surface area contributed by atoms with Crippen molar-refractivity contribution < 1.29 is 18.0 Å². The third-order valence-corrected chi connectivity index (χ3v) is 7.42. The number of halogens is 1. The summed E-state index contributed by atoms with van der Waals surface area (Å²) in [6.45, 7) is 0. The van der Waals surface area contributed by atoms with Crippen molar-refractivity contribution in [2.75, 3.05) is 11.6 Å². The van der Waals surface area contributed by atoms with Gasteiger partial charge in [-0.05, 0) is 35.9 Å². The molecule has 1 atom stereocenters. The highest BCUT2D eigenvalue weighted by Gasteiger charge is 2.21. The van der Waals surface area contributed by atoms with E-state index in [9.17, 15) is 18.0 Å². The molecule has 0 spiro atoms. The van der Waals surface area contributed by atoms with E-state index in [2.05, 4.69) is 15.6 Å². The first-order valence-electron chi connectivity index (χ1n) is 10.2. The zero-order valence-corrected chi connectivity index (χ0v) is 20.4. The van der Waals surface area contributed by atoms with Crippen LogP contribution in [0.2, 0.25) is 5.02 Å². The molecular weight excluding hydrogens is 494 g/mol. The number of nitrogens with zero attached hydrogens (tertiary/aromatic N) is 1. The minimum Gasteiger partial charge on any atom is -0.345 e. The van der Waals surface area contributed by atoms with Crippen molar-refractivity contribution in [3.8, 4) is 0 Å². The van der Waals surface area contributed by atoms with Crippen molar-refractivity contribution in [3.05, 3.63) is 88.9 Å². The molecule has 0 bridgehead atoms. The summed E-state index contributed by atoms with van der Waals surface area (Å²) in [5, 5.41) is 6.31. The number of carbonyl (C=O) groups excluding carboxylic acids is 2. The molecule has 0 saturated carbocycles. The third-order valence-electron chi connectivity index (χ3n) is 5.05. The number of nitrogens with one attached hydrogen (secondary N) is 2. The predicted octanol–water partition coefficient (Wildman–Crippen LogP) is 4.85. The molecule has 0 fully saturated rings. The smallest absolute Gasteiger partial charge is 0.253 e. The number of rotatable bonds is 7. The normalized spacial score (nSPS) is 12.3. The fourth-order valence-corrected chi connectivity index (χ4v) is 5.23. The highest BCUT2D eigenvalue weighted by molar-refractivity contribution is 7.90. The molecule has 4 rings (SSSR count). The Kier molecular flexibility index (Phi) is 6.97. The van der Waals surface area contributed by atoms with Gasteiger partial charge in [0.25, 0.3) is 5.91 Å². The molecule has 0 aliphatic rings. The molecular formula is C24H20ClN3O4S2. The maximum atomic E-state index is 12.9. The quantitative estimate of drug-likeness (QED) is 0.367. The Labute approximate surface area is 205 Å². The van der Waals surface area contributed by atoms with Gasteiger partial charge >= 0.3 is 0 Å². The van der Waals surface area contributed by atoms with Crippen LogP contribution in [0.5, 0.6) is 0 Å². The third kappa shape index (κ3) is 5.61. The zero-order chi connectivity index (χ0) is 24.3. The van der Waals surface area contributed by atoms with Gasteiger partial charge in [-0.15, -0.1) is 0 Å². The molecule has 2 N–H and O–H groups in total. The van der Waals surface area contributed by atoms with E-state index in [1.807, 2.05) is 30.3 Å². The molecule has 2 amide bonds. The van der Waals surface area contributed by atoms with E-state index >= 15 is 0 Å². The lowest BCUT2D eigenvalue weighted by molar-refractivity contribution is -0.116. The monoisotopic (exact) mass is 513 g/mol. The van der Waals surface area contributed by atoms with E-state index < -0.39 is 15.9 Å². The van der Waals surface area contributed by atoms with E-state index in [1.54, 1.807) is 30.3 Å². The summed E-state index contributed by atoms with van der Waals surface area (Å²) in [4.78, 5) is 30.3. The van der Waals surface area contributed by atoms with Gasteiger partial charge in [-0.3, -0.25) is 9.59 Å². The van der Waals surface area contributed by atoms with Gasteiger partial charge in [-0.25, -0.2) is 13.4 Å². The molecule has 0 aliphatic heterocycles. The number of benzene rings is 3. The number of sulfone groups is 1. The molecule has 0 radical (unpaired) electrons. The molecule has 1 heterocycles.